The van der Waals surface area contributed by atoms with E-state index in [4.69, 9.17) is 4.74 Å². The Labute approximate surface area is 251 Å². The van der Waals surface area contributed by atoms with E-state index in [0.29, 0.717) is 21.7 Å². The van der Waals surface area contributed by atoms with Gasteiger partial charge in [0.2, 0.25) is 11.8 Å². The normalized spacial score (nSPS) is 22.2. The molecule has 2 fully saturated rings. The molecule has 0 spiro atoms. The maximum absolute atomic E-state index is 14.4. The van der Waals surface area contributed by atoms with Crippen LogP contribution in [0.4, 0.5) is 24.5 Å². The highest BCUT2D eigenvalue weighted by atomic mass is 19.4. The van der Waals surface area contributed by atoms with Crippen LogP contribution in [0.3, 0.4) is 0 Å². The lowest BCUT2D eigenvalue weighted by atomic mass is 9.88. The predicted octanol–water partition coefficient (Wildman–Crippen LogP) is 6.43. The Morgan fingerprint density at radius 2 is 1.25 bits per heavy atom. The maximum Gasteiger partial charge on any atom is 0.418 e. The number of rotatable bonds is 5. The molecule has 3 heterocycles. The molecule has 4 aromatic carbocycles. The molecule has 2 amide bonds. The van der Waals surface area contributed by atoms with Gasteiger partial charge in [0.05, 0.1) is 29.1 Å². The summed E-state index contributed by atoms with van der Waals surface area (Å²) in [6.07, 6.45) is -2.08. The van der Waals surface area contributed by atoms with Crippen LogP contribution in [-0.4, -0.2) is 29.9 Å². The van der Waals surface area contributed by atoms with Crippen molar-refractivity contribution < 1.29 is 32.3 Å². The SMILES string of the molecule is O=C(OC(c1ccccc1)c1ccccc1)[C@@H]1[C@@H]2C(=O)N(c3ccccc3C(F)(F)F)C(=O)[C@@H]2[C@@H]2C=Cc3ccccc3N12. The number of fused-ring (bicyclic) bond motifs is 5. The number of nitrogens with zero attached hydrogens (tertiary/aromatic N) is 2. The smallest absolute Gasteiger partial charge is 0.418 e. The van der Waals surface area contributed by atoms with E-state index >= 15 is 0 Å². The average Bonchev–Trinajstić information content (AvgIpc) is 3.52. The van der Waals surface area contributed by atoms with Gasteiger partial charge in [-0.3, -0.25) is 9.59 Å². The molecule has 0 bridgehead atoms. The first-order valence-electron chi connectivity index (χ1n) is 14.2. The second kappa shape index (κ2) is 10.5. The van der Waals surface area contributed by atoms with Crippen LogP contribution < -0.4 is 9.80 Å². The molecule has 6 nitrogen and oxygen atoms in total. The van der Waals surface area contributed by atoms with E-state index in [-0.39, 0.29) is 0 Å². The van der Waals surface area contributed by atoms with Crippen molar-refractivity contribution in [3.8, 4) is 0 Å². The van der Waals surface area contributed by atoms with Gasteiger partial charge in [-0.25, -0.2) is 9.69 Å². The monoisotopic (exact) mass is 594 g/mol. The fraction of sp³-hybridized carbons (Fsp3) is 0.171. The summed E-state index contributed by atoms with van der Waals surface area (Å²) in [4.78, 5) is 44.9. The molecule has 44 heavy (non-hydrogen) atoms. The van der Waals surface area contributed by atoms with Crippen molar-refractivity contribution in [3.63, 3.8) is 0 Å². The molecule has 4 atom stereocenters. The lowest BCUT2D eigenvalue weighted by Gasteiger charge is -2.36. The Bertz CT molecular complexity index is 1750. The number of carbonyl (C=O) groups excluding carboxylic acids is 3. The third kappa shape index (κ3) is 4.38. The van der Waals surface area contributed by atoms with Gasteiger partial charge in [-0.15, -0.1) is 0 Å². The molecular formula is C35H25F3N2O4. The molecule has 0 aromatic heterocycles. The highest BCUT2D eigenvalue weighted by molar-refractivity contribution is 6.25. The van der Waals surface area contributed by atoms with Gasteiger partial charge in [-0.05, 0) is 34.9 Å². The number of para-hydroxylation sites is 2. The largest absolute Gasteiger partial charge is 0.451 e. The van der Waals surface area contributed by atoms with Crippen LogP contribution in [0.5, 0.6) is 0 Å². The van der Waals surface area contributed by atoms with E-state index in [9.17, 15) is 27.6 Å². The Kier molecular flexibility index (Phi) is 6.61. The molecule has 220 valence electrons. The molecular weight excluding hydrogens is 569 g/mol. The molecule has 0 N–H and O–H groups in total. The predicted molar refractivity (Wildman–Crippen MR) is 157 cm³/mol. The summed E-state index contributed by atoms with van der Waals surface area (Å²) >= 11 is 0. The molecule has 0 saturated carbocycles. The van der Waals surface area contributed by atoms with Crippen molar-refractivity contribution >= 4 is 35.2 Å². The summed E-state index contributed by atoms with van der Waals surface area (Å²) in [6, 6.07) is 28.0. The van der Waals surface area contributed by atoms with Crippen molar-refractivity contribution in [2.24, 2.45) is 11.8 Å². The number of esters is 1. The summed E-state index contributed by atoms with van der Waals surface area (Å²) in [6.45, 7) is 0. The highest BCUT2D eigenvalue weighted by Crippen LogP contribution is 2.51. The van der Waals surface area contributed by atoms with Crippen molar-refractivity contribution in [2.45, 2.75) is 24.4 Å². The lowest BCUT2D eigenvalue weighted by Crippen LogP contribution is -2.49. The fourth-order valence-electron chi connectivity index (χ4n) is 6.70. The number of carbonyl (C=O) groups is 3. The van der Waals surface area contributed by atoms with Crippen molar-refractivity contribution in [1.29, 1.82) is 0 Å². The summed E-state index contributed by atoms with van der Waals surface area (Å²) < 4.78 is 48.2. The second-order valence-corrected chi connectivity index (χ2v) is 11.0. The van der Waals surface area contributed by atoms with Gasteiger partial charge in [0.1, 0.15) is 6.04 Å². The van der Waals surface area contributed by atoms with Gasteiger partial charge in [0, 0.05) is 5.69 Å². The van der Waals surface area contributed by atoms with E-state index in [1.165, 1.54) is 12.1 Å². The zero-order chi connectivity index (χ0) is 30.6. The number of benzene rings is 4. The first kappa shape index (κ1) is 27.6. The summed E-state index contributed by atoms with van der Waals surface area (Å²) in [7, 11) is 0. The second-order valence-electron chi connectivity index (χ2n) is 11.0. The summed E-state index contributed by atoms with van der Waals surface area (Å²) in [5, 5.41) is 0. The Morgan fingerprint density at radius 1 is 0.705 bits per heavy atom. The number of amides is 2. The van der Waals surface area contributed by atoms with Crippen LogP contribution in [0.25, 0.3) is 6.08 Å². The Morgan fingerprint density at radius 3 is 1.89 bits per heavy atom. The van der Waals surface area contributed by atoms with Gasteiger partial charge in [-0.2, -0.15) is 13.2 Å². The molecule has 3 aliphatic heterocycles. The molecule has 2 saturated heterocycles. The van der Waals surface area contributed by atoms with Gasteiger partial charge in [-0.1, -0.05) is 103 Å². The first-order chi connectivity index (χ1) is 21.3. The molecule has 9 heteroatoms. The average molecular weight is 595 g/mol. The molecule has 7 rings (SSSR count). The minimum absolute atomic E-state index is 0.547. The quantitative estimate of drug-likeness (QED) is 0.197. The highest BCUT2D eigenvalue weighted by Gasteiger charge is 2.65. The third-order valence-electron chi connectivity index (χ3n) is 8.55. The van der Waals surface area contributed by atoms with Crippen LogP contribution in [0.15, 0.2) is 115 Å². The number of hydrogen-bond acceptors (Lipinski definition) is 5. The zero-order valence-corrected chi connectivity index (χ0v) is 23.1. The number of ether oxygens (including phenoxy) is 1. The standard InChI is InChI=1S/C35H25F3N2O4/c36-35(37,38)24-16-8-10-18-26(24)40-32(41)28-27-20-19-21-11-7-9-17-25(21)39(27)30(29(28)33(40)42)34(43)44-31(22-12-3-1-4-13-22)23-14-5-2-6-15-23/h1-20,27-31H/t27-,28+,29+,30-/m0/s1. The minimum Gasteiger partial charge on any atom is -0.451 e. The summed E-state index contributed by atoms with van der Waals surface area (Å²) in [5.41, 5.74) is 1.17. The van der Waals surface area contributed by atoms with E-state index in [1.807, 2.05) is 78.9 Å². The van der Waals surface area contributed by atoms with E-state index in [2.05, 4.69) is 0 Å². The Balaban J connectivity index is 1.33. The minimum atomic E-state index is -4.80. The van der Waals surface area contributed by atoms with Crippen LogP contribution in [0.1, 0.15) is 28.4 Å². The molecule has 0 aliphatic carbocycles. The third-order valence-corrected chi connectivity index (χ3v) is 8.55. The molecule has 0 unspecified atom stereocenters. The first-order valence-corrected chi connectivity index (χ1v) is 14.2. The van der Waals surface area contributed by atoms with E-state index in [0.717, 1.165) is 17.7 Å². The van der Waals surface area contributed by atoms with Crippen LogP contribution in [-0.2, 0) is 25.3 Å². The Hall–Kier alpha value is -5.18. The summed E-state index contributed by atoms with van der Waals surface area (Å²) in [5.74, 6) is -4.77. The number of hydrogen-bond donors (Lipinski definition) is 0. The van der Waals surface area contributed by atoms with Crippen molar-refractivity contribution in [3.05, 3.63) is 138 Å². The fourth-order valence-corrected chi connectivity index (χ4v) is 6.70. The zero-order valence-electron chi connectivity index (χ0n) is 23.1. The topological polar surface area (TPSA) is 66.9 Å². The number of alkyl halides is 3. The van der Waals surface area contributed by atoms with E-state index in [1.54, 1.807) is 23.1 Å². The van der Waals surface area contributed by atoms with Crippen molar-refractivity contribution in [2.75, 3.05) is 9.80 Å². The van der Waals surface area contributed by atoms with E-state index < -0.39 is 65.2 Å². The number of anilines is 2. The molecule has 0 radical (unpaired) electrons. The van der Waals surface area contributed by atoms with Crippen LogP contribution in [0, 0.1) is 11.8 Å². The van der Waals surface area contributed by atoms with Crippen LogP contribution >= 0.6 is 0 Å². The van der Waals surface area contributed by atoms with Crippen LogP contribution in [0.2, 0.25) is 0 Å². The number of halogens is 3. The van der Waals surface area contributed by atoms with Gasteiger partial charge < -0.3 is 9.64 Å². The lowest BCUT2D eigenvalue weighted by molar-refractivity contribution is -0.151. The number of imide groups is 1. The van der Waals surface area contributed by atoms with Crippen molar-refractivity contribution in [1.82, 2.24) is 0 Å². The van der Waals surface area contributed by atoms with Gasteiger partial charge in [0.15, 0.2) is 6.10 Å². The van der Waals surface area contributed by atoms with Gasteiger partial charge >= 0.3 is 12.1 Å². The van der Waals surface area contributed by atoms with Gasteiger partial charge in [0.25, 0.3) is 0 Å². The molecule has 3 aliphatic rings. The molecule has 4 aromatic rings. The maximum atomic E-state index is 14.4.